The highest BCUT2D eigenvalue weighted by molar-refractivity contribution is 5.84. The van der Waals surface area contributed by atoms with Crippen molar-refractivity contribution in [3.05, 3.63) is 85.7 Å². The molecule has 10 fully saturated rings. The largest absolute Gasteiger partial charge is 0.393 e. The normalized spacial score (nSPS) is 35.7. The minimum absolute atomic E-state index is 0.163. The quantitative estimate of drug-likeness (QED) is 0.148. The van der Waals surface area contributed by atoms with Crippen LogP contribution in [0.25, 0.3) is 22.3 Å². The number of pyridine rings is 4. The van der Waals surface area contributed by atoms with E-state index in [9.17, 15) is 19.8 Å². The van der Waals surface area contributed by atoms with Crippen LogP contribution >= 0.6 is 0 Å². The summed E-state index contributed by atoms with van der Waals surface area (Å²) in [6, 6.07) is 16.7. The molecule has 12 heteroatoms. The molecule has 336 valence electrons. The SMILES string of the molecule is O=C(N[C@H]1CCCN(c2ccc(-c3ccncc3)cn2)C1)C12CC3CC(C1)C(O)C(C3)C2.O=C(N[C@H]1CCCN(c2ccc(-c3ccncc3)cn2)C1)C12CC3CC(C1)C(O)C(C3)C2. The summed E-state index contributed by atoms with van der Waals surface area (Å²) in [6.45, 7) is 3.56. The lowest BCUT2D eigenvalue weighted by Gasteiger charge is -2.58. The van der Waals surface area contributed by atoms with Crippen LogP contribution in [0.3, 0.4) is 0 Å². The van der Waals surface area contributed by atoms with Gasteiger partial charge in [-0.3, -0.25) is 19.6 Å². The first-order valence-corrected chi connectivity index (χ1v) is 24.4. The van der Waals surface area contributed by atoms with Crippen LogP contribution in [-0.2, 0) is 9.59 Å². The summed E-state index contributed by atoms with van der Waals surface area (Å²) in [6.07, 6.45) is 24.8. The van der Waals surface area contributed by atoms with Crippen LogP contribution in [0.2, 0.25) is 0 Å². The van der Waals surface area contributed by atoms with Crippen molar-refractivity contribution in [1.82, 2.24) is 30.6 Å². The van der Waals surface area contributed by atoms with Gasteiger partial charge in [-0.2, -0.15) is 0 Å². The lowest BCUT2D eigenvalue weighted by molar-refractivity contribution is -0.164. The Bertz CT molecular complexity index is 2090. The van der Waals surface area contributed by atoms with E-state index in [4.69, 9.17) is 9.97 Å². The Morgan fingerprint density at radius 1 is 0.531 bits per heavy atom. The average molecular weight is 865 g/mol. The fourth-order valence-corrected chi connectivity index (χ4v) is 14.4. The molecular formula is C52H64N8O4. The minimum atomic E-state index is -0.234. The fraction of sp³-hybridized carbons (Fsp3) is 0.577. The molecule has 4 aromatic heterocycles. The Labute approximate surface area is 377 Å². The molecule has 4 N–H and O–H groups in total. The predicted octanol–water partition coefficient (Wildman–Crippen LogP) is 6.83. The number of carbonyl (C=O) groups is 2. The molecule has 12 nitrogen and oxygen atoms in total. The van der Waals surface area contributed by atoms with E-state index in [2.05, 4.69) is 54.7 Å². The summed E-state index contributed by atoms with van der Waals surface area (Å²) < 4.78 is 0. The van der Waals surface area contributed by atoms with Crippen molar-refractivity contribution >= 4 is 23.5 Å². The standard InChI is InChI=1S/2C26H32N4O2/c2*31-24-20-10-17-11-21(24)14-26(12-17,13-20)25(32)29-22-2-1-9-30(16-22)23-4-3-19(15-28-23)18-5-7-27-8-6-18/h2*3-8,15,17,20-22,24,31H,1-2,9-14,16H2,(H,29,32)/t2*17?,20?,21?,22-,24?,26?/m00/s1. The van der Waals surface area contributed by atoms with Gasteiger partial charge in [-0.1, -0.05) is 0 Å². The number of aromatic nitrogens is 4. The number of nitrogens with one attached hydrogen (secondary N) is 2. The average Bonchev–Trinajstić information content (AvgIpc) is 3.33. The molecule has 8 aliphatic carbocycles. The molecular weight excluding hydrogens is 801 g/mol. The van der Waals surface area contributed by atoms with Gasteiger partial charge in [0.15, 0.2) is 0 Å². The lowest BCUT2D eigenvalue weighted by atomic mass is 9.48. The maximum Gasteiger partial charge on any atom is 0.226 e. The van der Waals surface area contributed by atoms with Crippen molar-refractivity contribution in [1.29, 1.82) is 0 Å². The van der Waals surface area contributed by atoms with Crippen LogP contribution in [0.4, 0.5) is 11.6 Å². The van der Waals surface area contributed by atoms with Crippen molar-refractivity contribution in [2.24, 2.45) is 46.3 Å². The molecule has 10 aliphatic rings. The zero-order chi connectivity index (χ0) is 43.4. The Hall–Kier alpha value is -4.94. The highest BCUT2D eigenvalue weighted by Crippen LogP contribution is 2.61. The van der Waals surface area contributed by atoms with Gasteiger partial charge in [0.25, 0.3) is 0 Å². The molecule has 4 aromatic rings. The molecule has 6 heterocycles. The number of hydrogen-bond acceptors (Lipinski definition) is 10. The number of piperidine rings is 2. The van der Waals surface area contributed by atoms with Gasteiger partial charge in [-0.15, -0.1) is 0 Å². The van der Waals surface area contributed by atoms with E-state index in [-0.39, 0.29) is 46.9 Å². The van der Waals surface area contributed by atoms with E-state index in [1.54, 1.807) is 24.8 Å². The highest BCUT2D eigenvalue weighted by atomic mass is 16.3. The van der Waals surface area contributed by atoms with Crippen LogP contribution in [-0.4, -0.2) is 92.4 Å². The second-order valence-electron chi connectivity index (χ2n) is 21.3. The number of nitrogens with zero attached hydrogens (tertiary/aromatic N) is 6. The number of anilines is 2. The van der Waals surface area contributed by atoms with E-state index in [0.29, 0.717) is 35.5 Å². The van der Waals surface area contributed by atoms with E-state index in [1.165, 1.54) is 0 Å². The summed E-state index contributed by atoms with van der Waals surface area (Å²) in [5.41, 5.74) is 3.93. The van der Waals surface area contributed by atoms with E-state index >= 15 is 0 Å². The van der Waals surface area contributed by atoms with Gasteiger partial charge < -0.3 is 30.6 Å². The molecule has 6 atom stereocenters. The Balaban J connectivity index is 0.000000143. The van der Waals surface area contributed by atoms with Gasteiger partial charge in [0, 0.05) is 86.6 Å². The van der Waals surface area contributed by atoms with Crippen LogP contribution in [0, 0.1) is 46.3 Å². The number of amides is 2. The maximum atomic E-state index is 13.5. The zero-order valence-electron chi connectivity index (χ0n) is 37.0. The van der Waals surface area contributed by atoms with Gasteiger partial charge in [0.1, 0.15) is 11.6 Å². The number of hydrogen-bond donors (Lipinski definition) is 4. The second kappa shape index (κ2) is 17.1. The summed E-state index contributed by atoms with van der Waals surface area (Å²) in [5.74, 6) is 5.03. The van der Waals surface area contributed by atoms with Crippen molar-refractivity contribution in [3.63, 3.8) is 0 Å². The lowest BCUT2D eigenvalue weighted by Crippen LogP contribution is -2.60. The first-order chi connectivity index (χ1) is 31.2. The monoisotopic (exact) mass is 865 g/mol. The molecule has 4 unspecified atom stereocenters. The maximum absolute atomic E-state index is 13.5. The van der Waals surface area contributed by atoms with Gasteiger partial charge in [-0.05, 0) is 185 Å². The molecule has 2 aliphatic heterocycles. The summed E-state index contributed by atoms with van der Waals surface area (Å²) in [5, 5.41) is 28.0. The molecule has 0 spiro atoms. The number of carbonyl (C=O) groups excluding carboxylic acids is 2. The number of aliphatic hydroxyl groups excluding tert-OH is 2. The molecule has 8 saturated carbocycles. The smallest absolute Gasteiger partial charge is 0.226 e. The summed E-state index contributed by atoms with van der Waals surface area (Å²) in [7, 11) is 0. The Kier molecular flexibility index (Phi) is 11.2. The molecule has 0 radical (unpaired) electrons. The van der Waals surface area contributed by atoms with Crippen molar-refractivity contribution in [2.45, 2.75) is 114 Å². The molecule has 2 saturated heterocycles. The minimum Gasteiger partial charge on any atom is -0.393 e. The van der Waals surface area contributed by atoms with Gasteiger partial charge in [-0.25, -0.2) is 9.97 Å². The van der Waals surface area contributed by atoms with Gasteiger partial charge >= 0.3 is 0 Å². The third-order valence-electron chi connectivity index (χ3n) is 17.1. The highest BCUT2D eigenvalue weighted by Gasteiger charge is 2.59. The zero-order valence-corrected chi connectivity index (χ0v) is 37.0. The fourth-order valence-electron chi connectivity index (χ4n) is 14.4. The second-order valence-corrected chi connectivity index (χ2v) is 21.3. The van der Waals surface area contributed by atoms with Gasteiger partial charge in [0.05, 0.1) is 23.0 Å². The number of rotatable bonds is 8. The first-order valence-electron chi connectivity index (χ1n) is 24.4. The van der Waals surface area contributed by atoms with E-state index < -0.39 is 0 Å². The van der Waals surface area contributed by atoms with Crippen LogP contribution in [0.15, 0.2) is 85.7 Å². The van der Waals surface area contributed by atoms with Gasteiger partial charge in [0.2, 0.25) is 11.8 Å². The third-order valence-corrected chi connectivity index (χ3v) is 17.1. The molecule has 14 rings (SSSR count). The van der Waals surface area contributed by atoms with Crippen LogP contribution < -0.4 is 20.4 Å². The Morgan fingerprint density at radius 2 is 0.922 bits per heavy atom. The third kappa shape index (κ3) is 8.07. The number of aliphatic hydroxyl groups is 2. The summed E-state index contributed by atoms with van der Waals surface area (Å²) in [4.78, 5) is 49.2. The molecule has 0 aromatic carbocycles. The van der Waals surface area contributed by atoms with Crippen LogP contribution in [0.1, 0.15) is 89.9 Å². The molecule has 2 amide bonds. The van der Waals surface area contributed by atoms with E-state index in [0.717, 1.165) is 150 Å². The van der Waals surface area contributed by atoms with Crippen molar-refractivity contribution < 1.29 is 19.8 Å². The van der Waals surface area contributed by atoms with Crippen LogP contribution in [0.5, 0.6) is 0 Å². The topological polar surface area (TPSA) is 157 Å². The molecule has 8 bridgehead atoms. The summed E-state index contributed by atoms with van der Waals surface area (Å²) >= 11 is 0. The molecule has 64 heavy (non-hydrogen) atoms. The Morgan fingerprint density at radius 3 is 1.28 bits per heavy atom. The van der Waals surface area contributed by atoms with Crippen molar-refractivity contribution in [3.8, 4) is 22.3 Å². The van der Waals surface area contributed by atoms with E-state index in [1.807, 2.05) is 36.7 Å². The first kappa shape index (κ1) is 41.7. The van der Waals surface area contributed by atoms with Crippen molar-refractivity contribution in [2.75, 3.05) is 36.0 Å². The predicted molar refractivity (Wildman–Crippen MR) is 246 cm³/mol.